The zero-order chi connectivity index (χ0) is 18.8. The number of para-hydroxylation sites is 1. The van der Waals surface area contributed by atoms with Crippen molar-refractivity contribution in [3.05, 3.63) is 60.2 Å². The van der Waals surface area contributed by atoms with Gasteiger partial charge in [0.1, 0.15) is 0 Å². The molecule has 0 spiro atoms. The lowest BCUT2D eigenvalue weighted by molar-refractivity contribution is 0.0719. The Kier molecular flexibility index (Phi) is 7.64. The van der Waals surface area contributed by atoms with Crippen molar-refractivity contribution in [3.8, 4) is 0 Å². The fourth-order valence-corrected chi connectivity index (χ4v) is 2.48. The smallest absolute Gasteiger partial charge is 0.323 e. The summed E-state index contributed by atoms with van der Waals surface area (Å²) < 4.78 is 0. The van der Waals surface area contributed by atoms with Crippen molar-refractivity contribution in [2.75, 3.05) is 30.3 Å². The molecular formula is C20H25N3O3. The van der Waals surface area contributed by atoms with Gasteiger partial charge in [-0.2, -0.15) is 0 Å². The molecule has 6 nitrogen and oxygen atoms in total. The highest BCUT2D eigenvalue weighted by Crippen LogP contribution is 2.13. The normalized spacial score (nSPS) is 10.2. The monoisotopic (exact) mass is 355 g/mol. The van der Waals surface area contributed by atoms with Crippen LogP contribution in [0.4, 0.5) is 16.2 Å². The molecular weight excluding hydrogens is 330 g/mol. The van der Waals surface area contributed by atoms with E-state index in [9.17, 15) is 9.59 Å². The van der Waals surface area contributed by atoms with Crippen LogP contribution in [0, 0.1) is 0 Å². The van der Waals surface area contributed by atoms with Crippen molar-refractivity contribution in [2.45, 2.75) is 19.8 Å². The van der Waals surface area contributed by atoms with Crippen molar-refractivity contribution in [1.29, 1.82) is 0 Å². The van der Waals surface area contributed by atoms with Gasteiger partial charge in [-0.15, -0.1) is 0 Å². The molecule has 0 atom stereocenters. The lowest BCUT2D eigenvalue weighted by Gasteiger charge is -2.21. The highest BCUT2D eigenvalue weighted by Gasteiger charge is 2.14. The maximum atomic E-state index is 12.5. The molecule has 2 aromatic rings. The Labute approximate surface area is 153 Å². The Morgan fingerprint density at radius 1 is 0.923 bits per heavy atom. The second-order valence-electron chi connectivity index (χ2n) is 5.89. The van der Waals surface area contributed by atoms with Crippen LogP contribution in [0.3, 0.4) is 0 Å². The molecule has 138 valence electrons. The lowest BCUT2D eigenvalue weighted by Crippen LogP contribution is -2.34. The van der Waals surface area contributed by atoms with Crippen LogP contribution in [-0.4, -0.2) is 41.6 Å². The molecule has 0 saturated carbocycles. The molecule has 2 aromatic carbocycles. The molecule has 2 rings (SSSR count). The van der Waals surface area contributed by atoms with Crippen molar-refractivity contribution in [1.82, 2.24) is 4.90 Å². The fourth-order valence-electron chi connectivity index (χ4n) is 2.48. The molecule has 0 unspecified atom stereocenters. The molecule has 0 bridgehead atoms. The van der Waals surface area contributed by atoms with Crippen molar-refractivity contribution < 1.29 is 14.7 Å². The second-order valence-corrected chi connectivity index (χ2v) is 5.89. The Hall–Kier alpha value is -2.86. The molecule has 0 saturated heterocycles. The Morgan fingerprint density at radius 3 is 2.12 bits per heavy atom. The minimum absolute atomic E-state index is 0.0608. The number of rotatable bonds is 8. The number of urea groups is 1. The Balaban J connectivity index is 1.96. The quantitative estimate of drug-likeness (QED) is 0.677. The maximum absolute atomic E-state index is 12.5. The van der Waals surface area contributed by atoms with E-state index in [0.29, 0.717) is 30.0 Å². The highest BCUT2D eigenvalue weighted by atomic mass is 16.3. The van der Waals surface area contributed by atoms with Gasteiger partial charge in [-0.05, 0) is 42.8 Å². The topological polar surface area (TPSA) is 81.7 Å². The molecule has 0 radical (unpaired) electrons. The Morgan fingerprint density at radius 2 is 1.54 bits per heavy atom. The van der Waals surface area contributed by atoms with Gasteiger partial charge in [-0.3, -0.25) is 4.79 Å². The number of hydrogen-bond donors (Lipinski definition) is 3. The number of carbonyl (C=O) groups is 2. The molecule has 0 heterocycles. The SMILES string of the molecule is CCCCN(CCO)C(=O)c1ccc(NC(=O)Nc2ccccc2)cc1. The summed E-state index contributed by atoms with van der Waals surface area (Å²) in [6.07, 6.45) is 1.87. The lowest BCUT2D eigenvalue weighted by atomic mass is 10.1. The second kappa shape index (κ2) is 10.2. The van der Waals surface area contributed by atoms with Crippen LogP contribution in [0.15, 0.2) is 54.6 Å². The number of benzene rings is 2. The predicted molar refractivity (Wildman–Crippen MR) is 103 cm³/mol. The molecule has 26 heavy (non-hydrogen) atoms. The van der Waals surface area contributed by atoms with E-state index in [1.807, 2.05) is 18.2 Å². The number of nitrogens with zero attached hydrogens (tertiary/aromatic N) is 1. The largest absolute Gasteiger partial charge is 0.395 e. The summed E-state index contributed by atoms with van der Waals surface area (Å²) in [5.74, 6) is -0.118. The molecule has 3 N–H and O–H groups in total. The van der Waals surface area contributed by atoms with Crippen molar-refractivity contribution in [3.63, 3.8) is 0 Å². The third-order valence-corrected chi connectivity index (χ3v) is 3.86. The number of nitrogens with one attached hydrogen (secondary N) is 2. The average molecular weight is 355 g/mol. The number of carbonyl (C=O) groups excluding carboxylic acids is 2. The molecule has 0 aliphatic heterocycles. The summed E-state index contributed by atoms with van der Waals surface area (Å²) in [7, 11) is 0. The van der Waals surface area contributed by atoms with E-state index in [2.05, 4.69) is 17.6 Å². The summed E-state index contributed by atoms with van der Waals surface area (Å²) in [6.45, 7) is 2.94. The number of unbranched alkanes of at least 4 members (excludes halogenated alkanes) is 1. The summed E-state index contributed by atoms with van der Waals surface area (Å²) in [6, 6.07) is 15.5. The minimum atomic E-state index is -0.347. The van der Waals surface area contributed by atoms with Crippen LogP contribution >= 0.6 is 0 Å². The van der Waals surface area contributed by atoms with Gasteiger partial charge in [0.15, 0.2) is 0 Å². The average Bonchev–Trinajstić information content (AvgIpc) is 2.66. The predicted octanol–water partition coefficient (Wildman–Crippen LogP) is 3.57. The summed E-state index contributed by atoms with van der Waals surface area (Å²) in [4.78, 5) is 26.2. The van der Waals surface area contributed by atoms with Gasteiger partial charge in [-0.1, -0.05) is 31.5 Å². The summed E-state index contributed by atoms with van der Waals surface area (Å²) in [5, 5.41) is 14.6. The summed E-state index contributed by atoms with van der Waals surface area (Å²) in [5.41, 5.74) is 1.83. The van der Waals surface area contributed by atoms with E-state index < -0.39 is 0 Å². The van der Waals surface area contributed by atoms with Gasteiger partial charge < -0.3 is 20.6 Å². The van der Waals surface area contributed by atoms with Crippen LogP contribution in [0.5, 0.6) is 0 Å². The third-order valence-electron chi connectivity index (χ3n) is 3.86. The van der Waals surface area contributed by atoms with Crippen molar-refractivity contribution >= 4 is 23.3 Å². The van der Waals surface area contributed by atoms with Gasteiger partial charge in [0.2, 0.25) is 0 Å². The standard InChI is InChI=1S/C20H25N3O3/c1-2-3-13-23(14-15-24)19(25)16-9-11-18(12-10-16)22-20(26)21-17-7-5-4-6-8-17/h4-12,24H,2-3,13-15H2,1H3,(H2,21,22,26). The third kappa shape index (κ3) is 5.89. The van der Waals surface area contributed by atoms with Gasteiger partial charge in [0, 0.05) is 30.0 Å². The fraction of sp³-hybridized carbons (Fsp3) is 0.300. The van der Waals surface area contributed by atoms with Gasteiger partial charge in [-0.25, -0.2) is 4.79 Å². The highest BCUT2D eigenvalue weighted by molar-refractivity contribution is 6.00. The minimum Gasteiger partial charge on any atom is -0.395 e. The first-order valence-electron chi connectivity index (χ1n) is 8.77. The molecule has 0 aliphatic carbocycles. The van der Waals surface area contributed by atoms with Crippen LogP contribution in [0.2, 0.25) is 0 Å². The number of amides is 3. The van der Waals surface area contributed by atoms with Crippen LogP contribution < -0.4 is 10.6 Å². The van der Waals surface area contributed by atoms with E-state index in [0.717, 1.165) is 12.8 Å². The van der Waals surface area contributed by atoms with Crippen LogP contribution in [0.1, 0.15) is 30.1 Å². The van der Waals surface area contributed by atoms with E-state index in [1.54, 1.807) is 41.3 Å². The zero-order valence-corrected chi connectivity index (χ0v) is 14.9. The number of aliphatic hydroxyl groups is 1. The molecule has 0 fully saturated rings. The van der Waals surface area contributed by atoms with E-state index in [1.165, 1.54) is 0 Å². The zero-order valence-electron chi connectivity index (χ0n) is 14.9. The molecule has 3 amide bonds. The van der Waals surface area contributed by atoms with Gasteiger partial charge in [0.25, 0.3) is 5.91 Å². The van der Waals surface area contributed by atoms with E-state index >= 15 is 0 Å². The molecule has 0 aliphatic rings. The number of aliphatic hydroxyl groups excluding tert-OH is 1. The van der Waals surface area contributed by atoms with Crippen LogP contribution in [0.25, 0.3) is 0 Å². The molecule has 0 aromatic heterocycles. The first-order chi connectivity index (χ1) is 12.6. The number of hydrogen-bond acceptors (Lipinski definition) is 3. The first kappa shape index (κ1) is 19.5. The maximum Gasteiger partial charge on any atom is 0.323 e. The summed E-state index contributed by atoms with van der Waals surface area (Å²) >= 11 is 0. The first-order valence-corrected chi connectivity index (χ1v) is 8.77. The molecule has 6 heteroatoms. The van der Waals surface area contributed by atoms with Crippen LogP contribution in [-0.2, 0) is 0 Å². The van der Waals surface area contributed by atoms with E-state index in [-0.39, 0.29) is 18.5 Å². The number of anilines is 2. The van der Waals surface area contributed by atoms with Gasteiger partial charge >= 0.3 is 6.03 Å². The van der Waals surface area contributed by atoms with Crippen molar-refractivity contribution in [2.24, 2.45) is 0 Å². The Bertz CT molecular complexity index is 702. The van der Waals surface area contributed by atoms with Gasteiger partial charge in [0.05, 0.1) is 6.61 Å². The van der Waals surface area contributed by atoms with E-state index in [4.69, 9.17) is 5.11 Å².